The first-order valence-electron chi connectivity index (χ1n) is 6.51. The number of aryl methyl sites for hydroxylation is 1. The average Bonchev–Trinajstić information content (AvgIpc) is 2.91. The van der Waals surface area contributed by atoms with Gasteiger partial charge in [0, 0.05) is 0 Å². The van der Waals surface area contributed by atoms with Crippen molar-refractivity contribution in [2.24, 2.45) is 5.41 Å². The average molecular weight is 272 g/mol. The van der Waals surface area contributed by atoms with Crippen LogP contribution in [0.3, 0.4) is 0 Å². The van der Waals surface area contributed by atoms with Crippen LogP contribution in [0.25, 0.3) is 0 Å². The van der Waals surface area contributed by atoms with E-state index in [9.17, 15) is 9.90 Å². The number of thiophene rings is 1. The van der Waals surface area contributed by atoms with Crippen molar-refractivity contribution in [2.45, 2.75) is 25.7 Å². The van der Waals surface area contributed by atoms with E-state index in [1.165, 1.54) is 11.1 Å². The fourth-order valence-corrected chi connectivity index (χ4v) is 3.66. The fraction of sp³-hybridized carbons (Fsp3) is 0.312. The van der Waals surface area contributed by atoms with E-state index in [1.54, 1.807) is 11.3 Å². The van der Waals surface area contributed by atoms with Gasteiger partial charge in [-0.1, -0.05) is 24.3 Å². The molecule has 1 aromatic heterocycles. The van der Waals surface area contributed by atoms with Crippen molar-refractivity contribution in [1.82, 2.24) is 0 Å². The number of aliphatic carboxylic acids is 1. The number of carboxylic acid groups (broad SMARTS) is 1. The van der Waals surface area contributed by atoms with Gasteiger partial charge >= 0.3 is 5.97 Å². The first kappa shape index (κ1) is 12.4. The summed E-state index contributed by atoms with van der Waals surface area (Å²) in [6.07, 6.45) is 2.89. The van der Waals surface area contributed by atoms with Gasteiger partial charge in [0.2, 0.25) is 0 Å². The highest BCUT2D eigenvalue weighted by atomic mass is 32.1. The second-order valence-corrected chi connectivity index (χ2v) is 6.12. The van der Waals surface area contributed by atoms with Crippen LogP contribution in [0.15, 0.2) is 41.1 Å². The van der Waals surface area contributed by atoms with Crippen molar-refractivity contribution in [3.63, 3.8) is 0 Å². The van der Waals surface area contributed by atoms with Gasteiger partial charge in [-0.2, -0.15) is 11.3 Å². The molecule has 3 heteroatoms. The molecule has 0 radical (unpaired) electrons. The summed E-state index contributed by atoms with van der Waals surface area (Å²) in [5, 5.41) is 13.8. The van der Waals surface area contributed by atoms with Crippen molar-refractivity contribution in [1.29, 1.82) is 0 Å². The first-order valence-corrected chi connectivity index (χ1v) is 7.45. The smallest absolute Gasteiger partial charge is 0.310 e. The number of hydrogen-bond acceptors (Lipinski definition) is 2. The third-order valence-electron chi connectivity index (χ3n) is 4.10. The molecule has 19 heavy (non-hydrogen) atoms. The monoisotopic (exact) mass is 272 g/mol. The van der Waals surface area contributed by atoms with Crippen LogP contribution < -0.4 is 0 Å². The van der Waals surface area contributed by atoms with Gasteiger partial charge in [-0.25, -0.2) is 0 Å². The summed E-state index contributed by atoms with van der Waals surface area (Å²) in [4.78, 5) is 11.8. The predicted octanol–water partition coefficient (Wildman–Crippen LogP) is 3.55. The third kappa shape index (κ3) is 2.30. The molecule has 0 saturated heterocycles. The van der Waals surface area contributed by atoms with Gasteiger partial charge in [0.05, 0.1) is 5.41 Å². The maximum absolute atomic E-state index is 11.8. The molecule has 1 aliphatic carbocycles. The lowest BCUT2D eigenvalue weighted by Gasteiger charge is -2.34. The molecule has 1 unspecified atom stereocenters. The zero-order valence-electron chi connectivity index (χ0n) is 10.6. The molecule has 1 aliphatic rings. The Hall–Kier alpha value is -1.61. The van der Waals surface area contributed by atoms with E-state index in [1.807, 2.05) is 23.6 Å². The van der Waals surface area contributed by atoms with Crippen LogP contribution in [-0.2, 0) is 24.1 Å². The quantitative estimate of drug-likeness (QED) is 0.927. The molecule has 0 aliphatic heterocycles. The Balaban J connectivity index is 1.93. The van der Waals surface area contributed by atoms with Crippen molar-refractivity contribution in [3.05, 3.63) is 57.8 Å². The van der Waals surface area contributed by atoms with E-state index in [0.29, 0.717) is 12.8 Å². The molecule has 2 nitrogen and oxygen atoms in total. The summed E-state index contributed by atoms with van der Waals surface area (Å²) in [6, 6.07) is 10.3. The maximum Gasteiger partial charge on any atom is 0.310 e. The number of carboxylic acids is 1. The standard InChI is InChI=1S/C16H16O2S/c17-15(18)16(9-12-6-8-19-11-12)7-5-13-3-1-2-4-14(13)10-16/h1-4,6,8,11H,5,7,9-10H2,(H,17,18). The van der Waals surface area contributed by atoms with Crippen LogP contribution in [0.1, 0.15) is 23.1 Å². The van der Waals surface area contributed by atoms with E-state index in [0.717, 1.165) is 18.4 Å². The summed E-state index contributed by atoms with van der Waals surface area (Å²) >= 11 is 1.63. The topological polar surface area (TPSA) is 37.3 Å². The highest BCUT2D eigenvalue weighted by Gasteiger charge is 2.41. The number of hydrogen-bond donors (Lipinski definition) is 1. The van der Waals surface area contributed by atoms with E-state index in [2.05, 4.69) is 17.5 Å². The summed E-state index contributed by atoms with van der Waals surface area (Å²) in [7, 11) is 0. The molecule has 1 N–H and O–H groups in total. The van der Waals surface area contributed by atoms with Gasteiger partial charge in [0.15, 0.2) is 0 Å². The Morgan fingerprint density at radius 1 is 1.26 bits per heavy atom. The van der Waals surface area contributed by atoms with Crippen LogP contribution in [-0.4, -0.2) is 11.1 Å². The lowest BCUT2D eigenvalue weighted by Crippen LogP contribution is -2.38. The number of benzene rings is 1. The van der Waals surface area contributed by atoms with Gasteiger partial charge < -0.3 is 5.11 Å². The van der Waals surface area contributed by atoms with Gasteiger partial charge in [-0.3, -0.25) is 4.79 Å². The Morgan fingerprint density at radius 3 is 2.74 bits per heavy atom. The van der Waals surface area contributed by atoms with Crippen molar-refractivity contribution >= 4 is 17.3 Å². The molecule has 0 amide bonds. The fourth-order valence-electron chi connectivity index (χ4n) is 2.99. The second-order valence-electron chi connectivity index (χ2n) is 5.34. The zero-order valence-corrected chi connectivity index (χ0v) is 11.5. The van der Waals surface area contributed by atoms with E-state index in [4.69, 9.17) is 0 Å². The molecule has 2 aromatic rings. The minimum atomic E-state index is -0.659. The van der Waals surface area contributed by atoms with Crippen LogP contribution in [0.5, 0.6) is 0 Å². The lowest BCUT2D eigenvalue weighted by atomic mass is 9.68. The Morgan fingerprint density at radius 2 is 2.05 bits per heavy atom. The van der Waals surface area contributed by atoms with Crippen molar-refractivity contribution in [2.75, 3.05) is 0 Å². The minimum Gasteiger partial charge on any atom is -0.481 e. The molecular weight excluding hydrogens is 256 g/mol. The summed E-state index contributed by atoms with van der Waals surface area (Å²) < 4.78 is 0. The lowest BCUT2D eigenvalue weighted by molar-refractivity contribution is -0.149. The summed E-state index contributed by atoms with van der Waals surface area (Å²) in [6.45, 7) is 0. The Bertz CT molecular complexity index is 589. The molecule has 0 saturated carbocycles. The van der Waals surface area contributed by atoms with Crippen molar-refractivity contribution in [3.8, 4) is 0 Å². The SMILES string of the molecule is O=C(O)C1(Cc2ccsc2)CCc2ccccc2C1. The van der Waals surface area contributed by atoms with E-state index in [-0.39, 0.29) is 0 Å². The molecule has 1 heterocycles. The molecule has 1 atom stereocenters. The maximum atomic E-state index is 11.8. The highest BCUT2D eigenvalue weighted by molar-refractivity contribution is 7.07. The highest BCUT2D eigenvalue weighted by Crippen LogP contribution is 2.39. The molecular formula is C16H16O2S. The Labute approximate surface area is 116 Å². The number of carbonyl (C=O) groups is 1. The van der Waals surface area contributed by atoms with Crippen LogP contribution in [0, 0.1) is 5.41 Å². The van der Waals surface area contributed by atoms with Crippen molar-refractivity contribution < 1.29 is 9.90 Å². The Kier molecular flexibility index (Phi) is 3.15. The molecule has 0 bridgehead atoms. The summed E-state index contributed by atoms with van der Waals surface area (Å²) in [5.74, 6) is -0.659. The second kappa shape index (κ2) is 4.82. The van der Waals surface area contributed by atoms with Crippen LogP contribution in [0.2, 0.25) is 0 Å². The van der Waals surface area contributed by atoms with Gasteiger partial charge in [0.25, 0.3) is 0 Å². The number of fused-ring (bicyclic) bond motifs is 1. The van der Waals surface area contributed by atoms with E-state index >= 15 is 0 Å². The zero-order chi connectivity index (χ0) is 13.3. The molecule has 0 fully saturated rings. The largest absolute Gasteiger partial charge is 0.481 e. The number of rotatable bonds is 3. The molecule has 3 rings (SSSR count). The predicted molar refractivity (Wildman–Crippen MR) is 76.6 cm³/mol. The van der Waals surface area contributed by atoms with E-state index < -0.39 is 11.4 Å². The molecule has 0 spiro atoms. The third-order valence-corrected chi connectivity index (χ3v) is 4.83. The normalized spacial score (nSPS) is 21.9. The van der Waals surface area contributed by atoms with Crippen LogP contribution in [0.4, 0.5) is 0 Å². The molecule has 98 valence electrons. The first-order chi connectivity index (χ1) is 9.20. The van der Waals surface area contributed by atoms with Gasteiger partial charge in [-0.15, -0.1) is 0 Å². The van der Waals surface area contributed by atoms with Crippen LogP contribution >= 0.6 is 11.3 Å². The summed E-state index contributed by atoms with van der Waals surface area (Å²) in [5.41, 5.74) is 3.03. The minimum absolute atomic E-state index is 0.630. The molecule has 1 aromatic carbocycles. The van der Waals surface area contributed by atoms with Gasteiger partial charge in [-0.05, 0) is 59.2 Å². The van der Waals surface area contributed by atoms with Gasteiger partial charge in [0.1, 0.15) is 0 Å².